The number of ether oxygens (including phenoxy) is 3. The predicted octanol–water partition coefficient (Wildman–Crippen LogP) is 4.18. The Morgan fingerprint density at radius 2 is 1.17 bits per heavy atom. The summed E-state index contributed by atoms with van der Waals surface area (Å²) in [5, 5.41) is 10.2. The molecule has 16 heteroatoms. The Bertz CT molecular complexity index is 1010. The zero-order valence-electron chi connectivity index (χ0n) is 24.0. The Kier molecular flexibility index (Phi) is 13.6. The van der Waals surface area contributed by atoms with Gasteiger partial charge in [0.15, 0.2) is 0 Å². The van der Waals surface area contributed by atoms with Crippen LogP contribution in [0, 0.1) is 13.1 Å². The third-order valence-electron chi connectivity index (χ3n) is 6.81. The first kappa shape index (κ1) is 34.5. The molecule has 234 valence electrons. The van der Waals surface area contributed by atoms with Crippen molar-refractivity contribution >= 4 is 15.6 Å². The highest BCUT2D eigenvalue weighted by molar-refractivity contribution is 7.48. The van der Waals surface area contributed by atoms with E-state index in [0.717, 1.165) is 0 Å². The Morgan fingerprint density at radius 3 is 1.63 bits per heavy atom. The van der Waals surface area contributed by atoms with Crippen LogP contribution in [0.2, 0.25) is 0 Å². The Labute approximate surface area is 242 Å². The number of aliphatic hydroxyl groups excluding tert-OH is 1. The average Bonchev–Trinajstić information content (AvgIpc) is 3.56. The van der Waals surface area contributed by atoms with E-state index in [0.29, 0.717) is 25.7 Å². The van der Waals surface area contributed by atoms with Crippen molar-refractivity contribution in [2.24, 2.45) is 0 Å². The van der Waals surface area contributed by atoms with Gasteiger partial charge in [-0.2, -0.15) is 0 Å². The van der Waals surface area contributed by atoms with E-state index in [4.69, 9.17) is 54.5 Å². The zero-order valence-corrected chi connectivity index (χ0v) is 25.8. The average molecular weight is 625 g/mol. The normalized spacial score (nSPS) is 36.4. The van der Waals surface area contributed by atoms with Gasteiger partial charge in [-0.1, -0.05) is 6.92 Å². The van der Waals surface area contributed by atoms with Crippen LogP contribution in [0.4, 0.5) is 0 Å². The SMILES string of the molecule is [C-]#[N+]CCOP(=O)(OCC1OC(C)CC1OP(=O)(OCC[N+]#[C-])OCC1OC(C)CC1O)OC1CC(C)OC1CC. The molecule has 3 heterocycles. The first-order chi connectivity index (χ1) is 19.5. The van der Waals surface area contributed by atoms with Gasteiger partial charge in [-0.25, -0.2) is 22.3 Å². The van der Waals surface area contributed by atoms with E-state index in [1.165, 1.54) is 0 Å². The fourth-order valence-electron chi connectivity index (χ4n) is 4.91. The van der Waals surface area contributed by atoms with Crippen molar-refractivity contribution in [3.05, 3.63) is 22.8 Å². The zero-order chi connectivity index (χ0) is 30.0. The van der Waals surface area contributed by atoms with Crippen LogP contribution in [0.5, 0.6) is 0 Å². The molecule has 0 aromatic carbocycles. The molecule has 3 saturated heterocycles. The lowest BCUT2D eigenvalue weighted by Gasteiger charge is -2.27. The van der Waals surface area contributed by atoms with Gasteiger partial charge in [-0.3, -0.25) is 27.1 Å². The van der Waals surface area contributed by atoms with Crippen molar-refractivity contribution in [1.29, 1.82) is 0 Å². The maximum atomic E-state index is 13.6. The molecule has 41 heavy (non-hydrogen) atoms. The number of hydrogen-bond acceptors (Lipinski definition) is 12. The Hall–Kier alpha value is -0.960. The van der Waals surface area contributed by atoms with Gasteiger partial charge in [-0.15, -0.1) is 0 Å². The molecule has 11 unspecified atom stereocenters. The van der Waals surface area contributed by atoms with Crippen molar-refractivity contribution < 1.29 is 55.6 Å². The van der Waals surface area contributed by atoms with Crippen molar-refractivity contribution in [3.63, 3.8) is 0 Å². The van der Waals surface area contributed by atoms with Crippen LogP contribution in [-0.4, -0.2) is 99.6 Å². The van der Waals surface area contributed by atoms with E-state index in [2.05, 4.69) is 9.69 Å². The molecular formula is C25H42N2O12P2. The fraction of sp³-hybridized carbons (Fsp3) is 0.920. The van der Waals surface area contributed by atoms with Gasteiger partial charge in [0.05, 0.1) is 49.8 Å². The molecule has 11 atom stereocenters. The molecule has 0 saturated carbocycles. The summed E-state index contributed by atoms with van der Waals surface area (Å²) in [6.45, 7) is 20.4. The number of phosphoric ester groups is 2. The number of nitrogens with zero attached hydrogens (tertiary/aromatic N) is 2. The summed E-state index contributed by atoms with van der Waals surface area (Å²) in [5.74, 6) is 0. The van der Waals surface area contributed by atoms with Crippen molar-refractivity contribution in [3.8, 4) is 0 Å². The quantitative estimate of drug-likeness (QED) is 0.141. The van der Waals surface area contributed by atoms with Crippen molar-refractivity contribution in [2.45, 2.75) is 108 Å². The number of phosphoric acid groups is 2. The van der Waals surface area contributed by atoms with Gasteiger partial charge in [0, 0.05) is 19.3 Å². The molecule has 0 radical (unpaired) electrons. The molecule has 3 aliphatic heterocycles. The van der Waals surface area contributed by atoms with Crippen LogP contribution < -0.4 is 0 Å². The molecule has 0 aromatic heterocycles. The second kappa shape index (κ2) is 16.2. The second-order valence-corrected chi connectivity index (χ2v) is 13.6. The van der Waals surface area contributed by atoms with Gasteiger partial charge in [0.1, 0.15) is 31.5 Å². The fourth-order valence-corrected chi connectivity index (χ4v) is 7.68. The maximum absolute atomic E-state index is 13.6. The lowest BCUT2D eigenvalue weighted by molar-refractivity contribution is -0.0429. The van der Waals surface area contributed by atoms with E-state index in [1.54, 1.807) is 6.92 Å². The van der Waals surface area contributed by atoms with E-state index in [1.807, 2.05) is 20.8 Å². The van der Waals surface area contributed by atoms with Gasteiger partial charge < -0.3 is 29.0 Å². The highest BCUT2D eigenvalue weighted by Crippen LogP contribution is 2.55. The van der Waals surface area contributed by atoms with Crippen LogP contribution in [0.15, 0.2) is 0 Å². The lowest BCUT2D eigenvalue weighted by Crippen LogP contribution is -2.31. The number of hydrogen-bond donors (Lipinski definition) is 1. The third-order valence-corrected chi connectivity index (χ3v) is 9.80. The van der Waals surface area contributed by atoms with Gasteiger partial charge in [0.2, 0.25) is 13.1 Å². The molecule has 1 N–H and O–H groups in total. The summed E-state index contributed by atoms with van der Waals surface area (Å²) in [4.78, 5) is 6.42. The van der Waals surface area contributed by atoms with Gasteiger partial charge in [0.25, 0.3) is 0 Å². The third kappa shape index (κ3) is 10.6. The monoisotopic (exact) mass is 624 g/mol. The van der Waals surface area contributed by atoms with E-state index < -0.39 is 46.2 Å². The number of aliphatic hydroxyl groups is 1. The molecule has 0 spiro atoms. The highest BCUT2D eigenvalue weighted by atomic mass is 31.2. The molecule has 0 amide bonds. The van der Waals surface area contributed by atoms with Crippen LogP contribution >= 0.6 is 15.6 Å². The van der Waals surface area contributed by atoms with Crippen LogP contribution in [-0.2, 0) is 50.5 Å². The molecule has 0 bridgehead atoms. The summed E-state index contributed by atoms with van der Waals surface area (Å²) in [6.07, 6.45) is -2.78. The van der Waals surface area contributed by atoms with Crippen LogP contribution in [0.3, 0.4) is 0 Å². The molecule has 0 aromatic rings. The summed E-state index contributed by atoms with van der Waals surface area (Å²) >= 11 is 0. The first-order valence-corrected chi connectivity index (χ1v) is 16.9. The van der Waals surface area contributed by atoms with E-state index >= 15 is 0 Å². The number of rotatable bonds is 17. The molecule has 3 rings (SSSR count). The molecule has 14 nitrogen and oxygen atoms in total. The molecule has 3 aliphatic rings. The summed E-state index contributed by atoms with van der Waals surface area (Å²) in [6, 6.07) is 0. The van der Waals surface area contributed by atoms with E-state index in [-0.39, 0.29) is 63.9 Å². The minimum atomic E-state index is -4.24. The minimum Gasteiger partial charge on any atom is -0.390 e. The molecule has 3 fully saturated rings. The van der Waals surface area contributed by atoms with Gasteiger partial charge >= 0.3 is 15.6 Å². The van der Waals surface area contributed by atoms with Gasteiger partial charge in [-0.05, 0) is 27.2 Å². The molecule has 0 aliphatic carbocycles. The maximum Gasteiger partial charge on any atom is 0.475 e. The smallest absolute Gasteiger partial charge is 0.390 e. The standard InChI is InChI=1S/C25H42N2O12P2/c1-7-21-22(13-18(3)35-21)38-41(30,32-11-9-27-6)34-16-25-23(14-19(4)37-25)39-40(29,31-10-8-26-5)33-15-24-20(28)12-17(2)36-24/h17-25,28H,7-16H2,1-4H3. The summed E-state index contributed by atoms with van der Waals surface area (Å²) < 4.78 is 78.3. The van der Waals surface area contributed by atoms with Crippen molar-refractivity contribution in [1.82, 2.24) is 0 Å². The van der Waals surface area contributed by atoms with Crippen LogP contribution in [0.1, 0.15) is 53.4 Å². The first-order valence-electron chi connectivity index (χ1n) is 14.0. The highest BCUT2D eigenvalue weighted by Gasteiger charge is 2.45. The van der Waals surface area contributed by atoms with E-state index in [9.17, 15) is 14.2 Å². The van der Waals surface area contributed by atoms with Crippen molar-refractivity contribution in [2.75, 3.05) is 39.5 Å². The summed E-state index contributed by atoms with van der Waals surface area (Å²) in [7, 11) is -8.40. The largest absolute Gasteiger partial charge is 0.475 e. The predicted molar refractivity (Wildman–Crippen MR) is 145 cm³/mol. The topological polar surface area (TPSA) is 146 Å². The molecular weight excluding hydrogens is 582 g/mol. The van der Waals surface area contributed by atoms with Crippen LogP contribution in [0.25, 0.3) is 9.69 Å². The lowest BCUT2D eigenvalue weighted by atomic mass is 10.1. The Morgan fingerprint density at radius 1 is 0.732 bits per heavy atom. The summed E-state index contributed by atoms with van der Waals surface area (Å²) in [5.41, 5.74) is 0. The second-order valence-electron chi connectivity index (χ2n) is 10.3. The minimum absolute atomic E-state index is 0.0329. The Balaban J connectivity index is 1.67.